The van der Waals surface area contributed by atoms with Crippen LogP contribution in [0.15, 0.2) is 41.0 Å². The lowest BCUT2D eigenvalue weighted by atomic mass is 10.1. The zero-order valence-corrected chi connectivity index (χ0v) is 10.2. The van der Waals surface area contributed by atoms with E-state index in [-0.39, 0.29) is 5.69 Å². The molecule has 0 radical (unpaired) electrons. The normalized spacial score (nSPS) is 11.6. The molecule has 0 amide bonds. The van der Waals surface area contributed by atoms with Crippen LogP contribution in [-0.4, -0.2) is 7.05 Å². The van der Waals surface area contributed by atoms with Crippen LogP contribution in [0, 0.1) is 0 Å². The Morgan fingerprint density at radius 3 is 2.53 bits per heavy atom. The molecular weight excluding hydrogens is 257 g/mol. The van der Waals surface area contributed by atoms with Crippen molar-refractivity contribution in [2.24, 2.45) is 0 Å². The predicted octanol–water partition coefficient (Wildman–Crippen LogP) is 3.52. The van der Waals surface area contributed by atoms with Gasteiger partial charge in [0.25, 0.3) is 0 Å². The Balaban J connectivity index is 2.21. The molecule has 0 fully saturated rings. The van der Waals surface area contributed by atoms with Gasteiger partial charge in [-0.2, -0.15) is 13.2 Å². The SMILES string of the molecule is CN(Cc1ccco1)c1ccc(C(F)(F)F)cc1N. The standard InChI is InChI=1S/C13H13F3N2O/c1-18(8-10-3-2-6-19-10)12-5-4-9(7-11(12)17)13(14,15)16/h2-7H,8,17H2,1H3. The summed E-state index contributed by atoms with van der Waals surface area (Å²) in [5.41, 5.74) is 5.54. The Hall–Kier alpha value is -2.11. The zero-order valence-electron chi connectivity index (χ0n) is 10.2. The molecule has 0 spiro atoms. The van der Waals surface area contributed by atoms with Crippen LogP contribution in [0.25, 0.3) is 0 Å². The molecule has 2 N–H and O–H groups in total. The van der Waals surface area contributed by atoms with E-state index in [9.17, 15) is 13.2 Å². The van der Waals surface area contributed by atoms with Gasteiger partial charge in [0.15, 0.2) is 0 Å². The van der Waals surface area contributed by atoms with Gasteiger partial charge in [0.2, 0.25) is 0 Å². The Morgan fingerprint density at radius 1 is 1.26 bits per heavy atom. The van der Waals surface area contributed by atoms with Crippen molar-refractivity contribution in [1.82, 2.24) is 0 Å². The molecule has 0 atom stereocenters. The molecule has 1 aromatic heterocycles. The van der Waals surface area contributed by atoms with Gasteiger partial charge in [-0.1, -0.05) is 0 Å². The fraction of sp³-hybridized carbons (Fsp3) is 0.231. The van der Waals surface area contributed by atoms with Crippen molar-refractivity contribution in [3.63, 3.8) is 0 Å². The van der Waals surface area contributed by atoms with Crippen molar-refractivity contribution < 1.29 is 17.6 Å². The molecule has 0 saturated carbocycles. The summed E-state index contributed by atoms with van der Waals surface area (Å²) < 4.78 is 42.7. The second-order valence-electron chi connectivity index (χ2n) is 4.21. The minimum atomic E-state index is -4.38. The van der Waals surface area contributed by atoms with Crippen molar-refractivity contribution in [3.8, 4) is 0 Å². The van der Waals surface area contributed by atoms with Gasteiger partial charge in [-0.3, -0.25) is 0 Å². The summed E-state index contributed by atoms with van der Waals surface area (Å²) in [4.78, 5) is 1.73. The van der Waals surface area contributed by atoms with E-state index in [0.29, 0.717) is 18.0 Å². The third kappa shape index (κ3) is 3.01. The van der Waals surface area contributed by atoms with Crippen LogP contribution in [-0.2, 0) is 12.7 Å². The third-order valence-corrected chi connectivity index (χ3v) is 2.74. The first-order valence-electron chi connectivity index (χ1n) is 5.58. The highest BCUT2D eigenvalue weighted by Crippen LogP contribution is 2.34. The Kier molecular flexibility index (Phi) is 3.42. The van der Waals surface area contributed by atoms with Crippen LogP contribution >= 0.6 is 0 Å². The van der Waals surface area contributed by atoms with Crippen molar-refractivity contribution in [2.75, 3.05) is 17.7 Å². The Labute approximate surface area is 108 Å². The van der Waals surface area contributed by atoms with Crippen LogP contribution in [0.5, 0.6) is 0 Å². The fourth-order valence-electron chi connectivity index (χ4n) is 1.80. The number of alkyl halides is 3. The van der Waals surface area contributed by atoms with Gasteiger partial charge in [-0.25, -0.2) is 0 Å². The number of nitrogens with zero attached hydrogens (tertiary/aromatic N) is 1. The smallest absolute Gasteiger partial charge is 0.416 e. The van der Waals surface area contributed by atoms with Crippen LogP contribution in [0.1, 0.15) is 11.3 Å². The molecule has 6 heteroatoms. The second kappa shape index (κ2) is 4.87. The highest BCUT2D eigenvalue weighted by atomic mass is 19.4. The Bertz CT molecular complexity index is 550. The number of furan rings is 1. The molecule has 0 aliphatic carbocycles. The highest BCUT2D eigenvalue weighted by Gasteiger charge is 2.31. The average molecular weight is 270 g/mol. The molecule has 102 valence electrons. The fourth-order valence-corrected chi connectivity index (χ4v) is 1.80. The van der Waals surface area contributed by atoms with E-state index in [2.05, 4.69) is 0 Å². The molecule has 0 bridgehead atoms. The van der Waals surface area contributed by atoms with Crippen LogP contribution in [0.3, 0.4) is 0 Å². The first-order chi connectivity index (χ1) is 8.88. The van der Waals surface area contributed by atoms with Crippen molar-refractivity contribution in [3.05, 3.63) is 47.9 Å². The maximum Gasteiger partial charge on any atom is 0.416 e. The largest absolute Gasteiger partial charge is 0.467 e. The van der Waals surface area contributed by atoms with E-state index >= 15 is 0 Å². The molecule has 1 aromatic carbocycles. The lowest BCUT2D eigenvalue weighted by molar-refractivity contribution is -0.137. The molecular formula is C13H13F3N2O. The Morgan fingerprint density at radius 2 is 2.00 bits per heavy atom. The summed E-state index contributed by atoms with van der Waals surface area (Å²) in [6.45, 7) is 0.433. The van der Waals surface area contributed by atoms with Gasteiger partial charge in [0.05, 0.1) is 29.7 Å². The van der Waals surface area contributed by atoms with Crippen LogP contribution in [0.4, 0.5) is 24.5 Å². The molecule has 2 rings (SSSR count). The minimum absolute atomic E-state index is 0.0869. The van der Waals surface area contributed by atoms with Gasteiger partial charge >= 0.3 is 6.18 Å². The van der Waals surface area contributed by atoms with Gasteiger partial charge in [-0.05, 0) is 30.3 Å². The summed E-state index contributed by atoms with van der Waals surface area (Å²) in [5.74, 6) is 0.710. The molecule has 3 nitrogen and oxygen atoms in total. The zero-order chi connectivity index (χ0) is 14.0. The number of nitrogen functional groups attached to an aromatic ring is 1. The molecule has 0 unspecified atom stereocenters. The summed E-state index contributed by atoms with van der Waals surface area (Å²) >= 11 is 0. The average Bonchev–Trinajstić information content (AvgIpc) is 2.80. The first-order valence-corrected chi connectivity index (χ1v) is 5.58. The lowest BCUT2D eigenvalue weighted by Gasteiger charge is -2.20. The molecule has 0 aliphatic heterocycles. The molecule has 0 saturated heterocycles. The van der Waals surface area contributed by atoms with E-state index < -0.39 is 11.7 Å². The molecule has 0 aliphatic rings. The topological polar surface area (TPSA) is 42.4 Å². The number of rotatable bonds is 3. The highest BCUT2D eigenvalue weighted by molar-refractivity contribution is 5.68. The number of halogens is 3. The monoisotopic (exact) mass is 270 g/mol. The first kappa shape index (κ1) is 13.3. The quantitative estimate of drug-likeness (QED) is 0.868. The van der Waals surface area contributed by atoms with Crippen LogP contribution in [0.2, 0.25) is 0 Å². The number of benzene rings is 1. The van der Waals surface area contributed by atoms with E-state index in [1.54, 1.807) is 30.3 Å². The maximum absolute atomic E-state index is 12.5. The minimum Gasteiger partial charge on any atom is -0.467 e. The van der Waals surface area contributed by atoms with Crippen molar-refractivity contribution in [2.45, 2.75) is 12.7 Å². The lowest BCUT2D eigenvalue weighted by Crippen LogP contribution is -2.18. The van der Waals surface area contributed by atoms with E-state index in [4.69, 9.17) is 10.2 Å². The molecule has 2 aromatic rings. The summed E-state index contributed by atoms with van der Waals surface area (Å²) in [6.07, 6.45) is -2.84. The predicted molar refractivity (Wildman–Crippen MR) is 66.7 cm³/mol. The van der Waals surface area contributed by atoms with Gasteiger partial charge in [-0.15, -0.1) is 0 Å². The number of nitrogens with two attached hydrogens (primary N) is 1. The maximum atomic E-state index is 12.5. The third-order valence-electron chi connectivity index (χ3n) is 2.74. The van der Waals surface area contributed by atoms with Crippen LogP contribution < -0.4 is 10.6 Å². The summed E-state index contributed by atoms with van der Waals surface area (Å²) in [6, 6.07) is 6.86. The van der Waals surface area contributed by atoms with E-state index in [1.807, 2.05) is 0 Å². The van der Waals surface area contributed by atoms with Gasteiger partial charge < -0.3 is 15.1 Å². The molecule has 19 heavy (non-hydrogen) atoms. The number of anilines is 2. The summed E-state index contributed by atoms with van der Waals surface area (Å²) in [7, 11) is 1.74. The molecule has 1 heterocycles. The number of hydrogen-bond acceptors (Lipinski definition) is 3. The van der Waals surface area contributed by atoms with Crippen molar-refractivity contribution >= 4 is 11.4 Å². The van der Waals surface area contributed by atoms with E-state index in [1.165, 1.54) is 6.07 Å². The number of hydrogen-bond donors (Lipinski definition) is 1. The van der Waals surface area contributed by atoms with E-state index in [0.717, 1.165) is 12.1 Å². The van der Waals surface area contributed by atoms with Gasteiger partial charge in [0, 0.05) is 7.05 Å². The second-order valence-corrected chi connectivity index (χ2v) is 4.21. The van der Waals surface area contributed by atoms with Crippen molar-refractivity contribution in [1.29, 1.82) is 0 Å². The van der Waals surface area contributed by atoms with Gasteiger partial charge in [0.1, 0.15) is 5.76 Å². The summed E-state index contributed by atoms with van der Waals surface area (Å²) in [5, 5.41) is 0.